The summed E-state index contributed by atoms with van der Waals surface area (Å²) in [6.07, 6.45) is 2.96. The molecule has 1 aliphatic carbocycles. The van der Waals surface area contributed by atoms with Gasteiger partial charge in [-0.05, 0) is 66.9 Å². The molecule has 0 aliphatic heterocycles. The molecule has 1 heterocycles. The Morgan fingerprint density at radius 2 is 2.10 bits per heavy atom. The number of nitriles is 1. The van der Waals surface area contributed by atoms with Crippen LogP contribution in [0.15, 0.2) is 24.3 Å². The molecular formula is C23H27N3O2S2. The second-order valence-corrected chi connectivity index (χ2v) is 10.2. The van der Waals surface area contributed by atoms with Gasteiger partial charge in [0.1, 0.15) is 16.8 Å². The van der Waals surface area contributed by atoms with Gasteiger partial charge >= 0.3 is 0 Å². The number of anilines is 1. The fourth-order valence-electron chi connectivity index (χ4n) is 3.69. The van der Waals surface area contributed by atoms with E-state index in [1.165, 1.54) is 4.88 Å². The number of carbonyl (C=O) groups is 1. The number of nitrogens with zero attached hydrogens (tertiary/aromatic N) is 1. The Labute approximate surface area is 187 Å². The monoisotopic (exact) mass is 441 g/mol. The highest BCUT2D eigenvalue weighted by molar-refractivity contribution is 7.80. The van der Waals surface area contributed by atoms with Crippen molar-refractivity contribution >= 4 is 39.6 Å². The molecule has 3 rings (SSSR count). The lowest BCUT2D eigenvalue weighted by Gasteiger charge is -2.33. The van der Waals surface area contributed by atoms with Crippen molar-refractivity contribution < 1.29 is 9.53 Å². The molecule has 0 unspecified atom stereocenters. The van der Waals surface area contributed by atoms with Crippen molar-refractivity contribution in [2.24, 2.45) is 11.3 Å². The molecule has 0 bridgehead atoms. The number of rotatable bonds is 4. The summed E-state index contributed by atoms with van der Waals surface area (Å²) in [5, 5.41) is 16.3. The average molecular weight is 442 g/mol. The molecule has 0 radical (unpaired) electrons. The molecule has 0 fully saturated rings. The van der Waals surface area contributed by atoms with Gasteiger partial charge in [-0.25, -0.2) is 0 Å². The summed E-state index contributed by atoms with van der Waals surface area (Å²) in [5.74, 6) is 0.911. The van der Waals surface area contributed by atoms with E-state index >= 15 is 0 Å². The van der Waals surface area contributed by atoms with Crippen LogP contribution in [0.5, 0.6) is 5.75 Å². The van der Waals surface area contributed by atoms with E-state index in [-0.39, 0.29) is 23.0 Å². The van der Waals surface area contributed by atoms with Gasteiger partial charge in [0.25, 0.3) is 5.91 Å². The van der Waals surface area contributed by atoms with Crippen molar-refractivity contribution in [3.8, 4) is 11.8 Å². The van der Waals surface area contributed by atoms with Crippen molar-refractivity contribution in [1.29, 1.82) is 5.26 Å². The minimum atomic E-state index is -0.344. The van der Waals surface area contributed by atoms with Crippen LogP contribution < -0.4 is 15.4 Å². The summed E-state index contributed by atoms with van der Waals surface area (Å²) in [7, 11) is 0. The van der Waals surface area contributed by atoms with E-state index in [4.69, 9.17) is 17.0 Å². The van der Waals surface area contributed by atoms with Gasteiger partial charge in [-0.15, -0.1) is 11.3 Å². The van der Waals surface area contributed by atoms with Gasteiger partial charge in [0.05, 0.1) is 5.56 Å². The molecule has 0 saturated heterocycles. The van der Waals surface area contributed by atoms with Crippen LogP contribution >= 0.6 is 23.6 Å². The van der Waals surface area contributed by atoms with E-state index in [1.54, 1.807) is 11.3 Å². The van der Waals surface area contributed by atoms with Gasteiger partial charge in [-0.2, -0.15) is 5.26 Å². The van der Waals surface area contributed by atoms with Crippen LogP contribution in [0.4, 0.5) is 5.00 Å². The Balaban J connectivity index is 1.62. The topological polar surface area (TPSA) is 74.2 Å². The minimum absolute atomic E-state index is 0.133. The number of thiophene rings is 1. The zero-order valence-corrected chi connectivity index (χ0v) is 19.4. The van der Waals surface area contributed by atoms with Gasteiger partial charge in [0, 0.05) is 4.88 Å². The number of benzene rings is 1. The molecular weight excluding hydrogens is 414 g/mol. The van der Waals surface area contributed by atoms with Gasteiger partial charge in [0.2, 0.25) is 0 Å². The van der Waals surface area contributed by atoms with Gasteiger partial charge in [0.15, 0.2) is 11.7 Å². The molecule has 1 atom stereocenters. The van der Waals surface area contributed by atoms with Crippen LogP contribution in [-0.2, 0) is 17.6 Å². The molecule has 7 heteroatoms. The molecule has 0 spiro atoms. The second kappa shape index (κ2) is 9.15. The number of carbonyl (C=O) groups excluding carboxylic acids is 1. The SMILES string of the molecule is Cc1ccccc1OCC(=O)NC(=S)Nc1sc2c(c1C#N)CC[C@H](C(C)(C)C)C2. The quantitative estimate of drug-likeness (QED) is 0.655. The summed E-state index contributed by atoms with van der Waals surface area (Å²) >= 11 is 6.87. The molecule has 1 aliphatic rings. The van der Waals surface area contributed by atoms with Gasteiger partial charge in [-0.1, -0.05) is 39.0 Å². The normalized spacial score (nSPS) is 15.6. The summed E-state index contributed by atoms with van der Waals surface area (Å²) in [6, 6.07) is 9.84. The molecule has 1 aromatic heterocycles. The first kappa shape index (κ1) is 22.3. The van der Waals surface area contributed by atoms with Crippen molar-refractivity contribution in [2.75, 3.05) is 11.9 Å². The van der Waals surface area contributed by atoms with Crippen LogP contribution in [0.25, 0.3) is 0 Å². The number of aryl methyl sites for hydroxylation is 1. The van der Waals surface area contributed by atoms with Crippen LogP contribution in [0, 0.1) is 29.6 Å². The molecule has 1 amide bonds. The van der Waals surface area contributed by atoms with E-state index < -0.39 is 0 Å². The highest BCUT2D eigenvalue weighted by atomic mass is 32.1. The maximum absolute atomic E-state index is 12.2. The number of hydrogen-bond acceptors (Lipinski definition) is 5. The van der Waals surface area contributed by atoms with E-state index in [2.05, 4.69) is 37.5 Å². The van der Waals surface area contributed by atoms with E-state index in [0.29, 0.717) is 22.2 Å². The molecule has 2 N–H and O–H groups in total. The number of thiocarbonyl (C=S) groups is 1. The Hall–Kier alpha value is -2.43. The average Bonchev–Trinajstić information content (AvgIpc) is 3.02. The largest absolute Gasteiger partial charge is 0.483 e. The Kier molecular flexibility index (Phi) is 6.79. The Bertz CT molecular complexity index is 999. The fourth-order valence-corrected chi connectivity index (χ4v) is 5.25. The molecule has 2 aromatic rings. The summed E-state index contributed by atoms with van der Waals surface area (Å²) in [5.41, 5.74) is 2.97. The number of fused-ring (bicyclic) bond motifs is 1. The highest BCUT2D eigenvalue weighted by Gasteiger charge is 2.32. The summed E-state index contributed by atoms with van der Waals surface area (Å²) in [4.78, 5) is 13.5. The number of para-hydroxylation sites is 1. The maximum atomic E-state index is 12.2. The van der Waals surface area contributed by atoms with Crippen molar-refractivity contribution in [1.82, 2.24) is 5.32 Å². The first-order chi connectivity index (χ1) is 14.2. The van der Waals surface area contributed by atoms with E-state index in [0.717, 1.165) is 30.4 Å². The molecule has 5 nitrogen and oxygen atoms in total. The van der Waals surface area contributed by atoms with Crippen LogP contribution in [0.2, 0.25) is 0 Å². The zero-order chi connectivity index (χ0) is 21.9. The summed E-state index contributed by atoms with van der Waals surface area (Å²) in [6.45, 7) is 8.59. The maximum Gasteiger partial charge on any atom is 0.264 e. The second-order valence-electron chi connectivity index (χ2n) is 8.68. The van der Waals surface area contributed by atoms with E-state index in [9.17, 15) is 10.1 Å². The van der Waals surface area contributed by atoms with E-state index in [1.807, 2.05) is 31.2 Å². The number of nitrogens with one attached hydrogen (secondary N) is 2. The highest BCUT2D eigenvalue weighted by Crippen LogP contribution is 2.43. The van der Waals surface area contributed by atoms with Gasteiger partial charge < -0.3 is 10.1 Å². The predicted octanol–water partition coefficient (Wildman–Crippen LogP) is 4.97. The smallest absolute Gasteiger partial charge is 0.264 e. The number of amides is 1. The third-order valence-corrected chi connectivity index (χ3v) is 6.91. The van der Waals surface area contributed by atoms with Crippen LogP contribution in [0.1, 0.15) is 48.8 Å². The molecule has 158 valence electrons. The Morgan fingerprint density at radius 3 is 2.77 bits per heavy atom. The summed E-state index contributed by atoms with van der Waals surface area (Å²) < 4.78 is 5.56. The standard InChI is InChI=1S/C23H27N3O2S2/c1-14-7-5-6-8-18(14)28-13-20(27)25-22(29)26-21-17(12-24)16-10-9-15(23(2,3)4)11-19(16)30-21/h5-8,15H,9-11,13H2,1-4H3,(H2,25,26,27,29)/t15-/m0/s1. The third kappa shape index (κ3) is 5.18. The lowest BCUT2D eigenvalue weighted by molar-refractivity contribution is -0.121. The lowest BCUT2D eigenvalue weighted by Crippen LogP contribution is -2.37. The molecule has 0 saturated carbocycles. The van der Waals surface area contributed by atoms with Crippen molar-refractivity contribution in [3.63, 3.8) is 0 Å². The Morgan fingerprint density at radius 1 is 1.37 bits per heavy atom. The number of hydrogen-bond donors (Lipinski definition) is 2. The van der Waals surface area contributed by atoms with Gasteiger partial charge in [-0.3, -0.25) is 10.1 Å². The minimum Gasteiger partial charge on any atom is -0.483 e. The predicted molar refractivity (Wildman–Crippen MR) is 125 cm³/mol. The lowest BCUT2D eigenvalue weighted by atomic mass is 9.72. The molecule has 30 heavy (non-hydrogen) atoms. The molecule has 1 aromatic carbocycles. The third-order valence-electron chi connectivity index (χ3n) is 5.53. The fraction of sp³-hybridized carbons (Fsp3) is 0.435. The first-order valence-electron chi connectivity index (χ1n) is 10.0. The first-order valence-corrected chi connectivity index (χ1v) is 11.3. The van der Waals surface area contributed by atoms with Crippen LogP contribution in [0.3, 0.4) is 0 Å². The van der Waals surface area contributed by atoms with Crippen molar-refractivity contribution in [2.45, 2.75) is 47.0 Å². The number of ether oxygens (including phenoxy) is 1. The van der Waals surface area contributed by atoms with Crippen molar-refractivity contribution in [3.05, 3.63) is 45.8 Å². The zero-order valence-electron chi connectivity index (χ0n) is 17.8. The van der Waals surface area contributed by atoms with Crippen LogP contribution in [-0.4, -0.2) is 17.6 Å².